The fraction of sp³-hybridized carbons (Fsp3) is 0.125. The Hall–Kier alpha value is -2.50. The van der Waals surface area contributed by atoms with E-state index in [2.05, 4.69) is 0 Å². The minimum Gasteiger partial charge on any atom is -0.478 e. The molecule has 1 unspecified atom stereocenters. The highest BCUT2D eigenvalue weighted by Gasteiger charge is 2.32. The van der Waals surface area contributed by atoms with Crippen LogP contribution in [0.2, 0.25) is 0 Å². The van der Waals surface area contributed by atoms with Gasteiger partial charge in [-0.2, -0.15) is 0 Å². The Labute approximate surface area is 119 Å². The van der Waals surface area contributed by atoms with Crippen LogP contribution >= 0.6 is 0 Å². The molecule has 5 nitrogen and oxygen atoms in total. The molecular weight excluding hydrogens is 272 g/mol. The van der Waals surface area contributed by atoms with E-state index in [4.69, 9.17) is 0 Å². The van der Waals surface area contributed by atoms with E-state index in [0.29, 0.717) is 27.5 Å². The number of aromatic carboxylic acids is 1. The summed E-state index contributed by atoms with van der Waals surface area (Å²) in [5.74, 6) is -4.36. The van der Waals surface area contributed by atoms with Crippen LogP contribution in [0.3, 0.4) is 0 Å². The fourth-order valence-corrected chi connectivity index (χ4v) is 2.60. The van der Waals surface area contributed by atoms with Crippen LogP contribution in [-0.4, -0.2) is 33.4 Å². The van der Waals surface area contributed by atoms with Crippen molar-refractivity contribution < 1.29 is 24.9 Å². The summed E-state index contributed by atoms with van der Waals surface area (Å²) in [5, 5.41) is 31.3. The average Bonchev–Trinajstić information content (AvgIpc) is 2.42. The summed E-state index contributed by atoms with van der Waals surface area (Å²) in [6, 6.07) is 8.23. The van der Waals surface area contributed by atoms with Crippen molar-refractivity contribution in [2.24, 2.45) is 5.92 Å². The van der Waals surface area contributed by atoms with Crippen LogP contribution in [0.4, 0.5) is 0 Å². The molecule has 0 bridgehead atoms. The van der Waals surface area contributed by atoms with E-state index in [1.807, 2.05) is 0 Å². The third-order valence-corrected chi connectivity index (χ3v) is 3.68. The highest BCUT2D eigenvalue weighted by atomic mass is 16.5. The number of carboxylic acid groups (broad SMARTS) is 1. The number of hydrogen-bond donors (Lipinski definition) is 3. The Balaban J connectivity index is 2.41. The number of carboxylic acids is 1. The van der Waals surface area contributed by atoms with E-state index in [0.717, 1.165) is 0 Å². The molecule has 0 aliphatic heterocycles. The molecule has 0 radical (unpaired) electrons. The molecule has 0 saturated carbocycles. The predicted octanol–water partition coefficient (Wildman–Crippen LogP) is -0.391. The monoisotopic (exact) mass is 284 g/mol. The van der Waals surface area contributed by atoms with Crippen molar-refractivity contribution in [1.82, 2.24) is 0 Å². The van der Waals surface area contributed by atoms with Gasteiger partial charge in [0.05, 0.1) is 11.5 Å². The van der Waals surface area contributed by atoms with E-state index in [1.54, 1.807) is 24.3 Å². The van der Waals surface area contributed by atoms with Crippen LogP contribution in [0.1, 0.15) is 10.4 Å². The van der Waals surface area contributed by atoms with Crippen LogP contribution in [-0.2, 0) is 4.79 Å². The highest BCUT2D eigenvalue weighted by molar-refractivity contribution is 6.03. The number of aliphatic hydroxyl groups is 2. The summed E-state index contributed by atoms with van der Waals surface area (Å²) in [6.45, 7) is 0. The van der Waals surface area contributed by atoms with Gasteiger partial charge in [-0.3, -0.25) is 0 Å². The number of carbonyl (C=O) groups excluding carboxylic acids is 1. The largest absolute Gasteiger partial charge is 0.478 e. The number of aldehydes is 1. The normalized spacial score (nSPS) is 19.2. The molecule has 0 heterocycles. The predicted molar refractivity (Wildman–Crippen MR) is 75.8 cm³/mol. The quantitative estimate of drug-likeness (QED) is 0.515. The molecule has 0 aromatic heterocycles. The maximum absolute atomic E-state index is 11.2. The zero-order valence-electron chi connectivity index (χ0n) is 10.9. The first-order chi connectivity index (χ1) is 9.92. The summed E-state index contributed by atoms with van der Waals surface area (Å²) in [4.78, 5) is 22.2. The first-order valence-electron chi connectivity index (χ1n) is 6.33. The molecule has 106 valence electrons. The van der Waals surface area contributed by atoms with E-state index in [-0.39, 0.29) is 5.56 Å². The van der Waals surface area contributed by atoms with Crippen molar-refractivity contribution in [3.8, 4) is 0 Å². The van der Waals surface area contributed by atoms with Crippen molar-refractivity contribution in [3.05, 3.63) is 46.3 Å². The number of benzene rings is 2. The molecule has 1 atom stereocenters. The Morgan fingerprint density at radius 1 is 1.19 bits per heavy atom. The second-order valence-electron chi connectivity index (χ2n) is 5.07. The van der Waals surface area contributed by atoms with E-state index in [9.17, 15) is 24.9 Å². The molecule has 2 aromatic carbocycles. The Morgan fingerprint density at radius 2 is 1.95 bits per heavy atom. The molecule has 0 amide bonds. The summed E-state index contributed by atoms with van der Waals surface area (Å²) < 4.78 is 0. The van der Waals surface area contributed by atoms with E-state index < -0.39 is 17.7 Å². The van der Waals surface area contributed by atoms with E-state index >= 15 is 0 Å². The van der Waals surface area contributed by atoms with Gasteiger partial charge in [0, 0.05) is 0 Å². The molecule has 3 rings (SSSR count). The average molecular weight is 284 g/mol. The van der Waals surface area contributed by atoms with Gasteiger partial charge in [0.25, 0.3) is 0 Å². The summed E-state index contributed by atoms with van der Waals surface area (Å²) in [6.07, 6.45) is 3.10. The molecule has 0 saturated heterocycles. The standard InChI is InChI=1S/C16H12O5/c17-8-12-5-10-4-9-2-1-3-13(15(18)19)14(9)6-11(10)7-16(12,20)21/h1-8,12,20-21H,(H,18,19). The molecular formula is C16H12O5. The maximum atomic E-state index is 11.2. The minimum absolute atomic E-state index is 0.141. The first-order valence-corrected chi connectivity index (χ1v) is 6.33. The van der Waals surface area contributed by atoms with Gasteiger partial charge < -0.3 is 20.1 Å². The number of carbonyl (C=O) groups is 2. The van der Waals surface area contributed by atoms with Crippen molar-refractivity contribution in [2.75, 3.05) is 0 Å². The molecule has 2 aromatic rings. The summed E-state index contributed by atoms with van der Waals surface area (Å²) in [7, 11) is 0. The first kappa shape index (κ1) is 13.5. The maximum Gasteiger partial charge on any atom is 0.336 e. The zero-order chi connectivity index (χ0) is 15.2. The van der Waals surface area contributed by atoms with Gasteiger partial charge in [-0.25, -0.2) is 4.79 Å². The Morgan fingerprint density at radius 3 is 2.62 bits per heavy atom. The fourth-order valence-electron chi connectivity index (χ4n) is 2.60. The molecule has 1 aliphatic carbocycles. The Kier molecular flexibility index (Phi) is 2.90. The topological polar surface area (TPSA) is 94.8 Å². The van der Waals surface area contributed by atoms with Gasteiger partial charge in [0.15, 0.2) is 5.79 Å². The van der Waals surface area contributed by atoms with Crippen LogP contribution in [0, 0.1) is 5.92 Å². The van der Waals surface area contributed by atoms with Gasteiger partial charge in [0.1, 0.15) is 6.29 Å². The molecule has 0 spiro atoms. The number of hydrogen-bond acceptors (Lipinski definition) is 4. The highest BCUT2D eigenvalue weighted by Crippen LogP contribution is 2.20. The van der Waals surface area contributed by atoms with Gasteiger partial charge in [-0.15, -0.1) is 0 Å². The lowest BCUT2D eigenvalue weighted by atomic mass is 9.91. The van der Waals surface area contributed by atoms with Crippen molar-refractivity contribution in [1.29, 1.82) is 0 Å². The van der Waals surface area contributed by atoms with Crippen LogP contribution in [0.5, 0.6) is 0 Å². The second-order valence-corrected chi connectivity index (χ2v) is 5.07. The third-order valence-electron chi connectivity index (χ3n) is 3.68. The number of rotatable bonds is 2. The van der Waals surface area contributed by atoms with Crippen molar-refractivity contribution in [3.63, 3.8) is 0 Å². The molecule has 21 heavy (non-hydrogen) atoms. The lowest BCUT2D eigenvalue weighted by Crippen LogP contribution is -2.45. The van der Waals surface area contributed by atoms with Gasteiger partial charge >= 0.3 is 5.97 Å². The minimum atomic E-state index is -2.26. The van der Waals surface area contributed by atoms with Gasteiger partial charge in [-0.1, -0.05) is 18.2 Å². The third kappa shape index (κ3) is 2.12. The van der Waals surface area contributed by atoms with Crippen LogP contribution in [0.15, 0.2) is 30.3 Å². The SMILES string of the molecule is O=CC1C=c2cc3cccc(C(=O)O)c3cc2=CC1(O)O. The van der Waals surface area contributed by atoms with E-state index in [1.165, 1.54) is 18.2 Å². The van der Waals surface area contributed by atoms with Crippen molar-refractivity contribution in [2.45, 2.75) is 5.79 Å². The van der Waals surface area contributed by atoms with Gasteiger partial charge in [-0.05, 0) is 45.5 Å². The molecule has 3 N–H and O–H groups in total. The van der Waals surface area contributed by atoms with Crippen molar-refractivity contribution >= 4 is 35.2 Å². The molecule has 0 fully saturated rings. The number of fused-ring (bicyclic) bond motifs is 2. The van der Waals surface area contributed by atoms with Crippen LogP contribution in [0.25, 0.3) is 22.9 Å². The summed E-state index contributed by atoms with van der Waals surface area (Å²) >= 11 is 0. The molecule has 5 heteroatoms. The van der Waals surface area contributed by atoms with Gasteiger partial charge in [0.2, 0.25) is 0 Å². The smallest absolute Gasteiger partial charge is 0.336 e. The molecule has 1 aliphatic rings. The second kappa shape index (κ2) is 4.51. The lowest BCUT2D eigenvalue weighted by Gasteiger charge is -2.24. The lowest BCUT2D eigenvalue weighted by molar-refractivity contribution is -0.143. The van der Waals surface area contributed by atoms with Crippen LogP contribution < -0.4 is 10.4 Å². The zero-order valence-corrected chi connectivity index (χ0v) is 10.9. The summed E-state index contributed by atoms with van der Waals surface area (Å²) in [5.41, 5.74) is 0.141. The Bertz CT molecular complexity index is 879.